The second-order valence-corrected chi connectivity index (χ2v) is 3.94. The minimum Gasteiger partial charge on any atom is -0.396 e. The molecule has 0 radical (unpaired) electrons. The number of carbonyl (C=O) groups is 2. The molecule has 2 amide bonds. The highest BCUT2D eigenvalue weighted by Gasteiger charge is 2.15. The smallest absolute Gasteiger partial charge is 0.267 e. The van der Waals surface area contributed by atoms with E-state index >= 15 is 0 Å². The first kappa shape index (κ1) is 14.7. The Balaban J connectivity index is 3.00. The van der Waals surface area contributed by atoms with Crippen molar-refractivity contribution in [2.24, 2.45) is 5.73 Å². The van der Waals surface area contributed by atoms with Gasteiger partial charge in [-0.25, -0.2) is 4.98 Å². The summed E-state index contributed by atoms with van der Waals surface area (Å²) in [6.07, 6.45) is 0. The number of hydrogen-bond donors (Lipinski definition) is 3. The second-order valence-electron chi connectivity index (χ2n) is 3.94. The molecule has 5 N–H and O–H groups in total. The number of anilines is 2. The Hall–Kier alpha value is -2.31. The number of pyridine rings is 1. The van der Waals surface area contributed by atoms with Gasteiger partial charge in [-0.1, -0.05) is 0 Å². The summed E-state index contributed by atoms with van der Waals surface area (Å²) in [4.78, 5) is 28.5. The molecule has 0 aliphatic heterocycles. The van der Waals surface area contributed by atoms with Crippen molar-refractivity contribution in [1.82, 2.24) is 10.3 Å². The van der Waals surface area contributed by atoms with Crippen molar-refractivity contribution in [2.75, 3.05) is 30.3 Å². The average molecular weight is 265 g/mol. The number of carbonyl (C=O) groups excluding carboxylic acids is 2. The molecule has 0 saturated heterocycles. The van der Waals surface area contributed by atoms with E-state index in [-0.39, 0.29) is 18.1 Å². The number of nitrogens with one attached hydrogen (secondary N) is 1. The van der Waals surface area contributed by atoms with Gasteiger partial charge in [-0.15, -0.1) is 0 Å². The number of likely N-dealkylation sites (N-methyl/N-ethyl adjacent to an activating group) is 2. The van der Waals surface area contributed by atoms with Crippen molar-refractivity contribution < 1.29 is 9.59 Å². The molecule has 1 aromatic rings. The van der Waals surface area contributed by atoms with Gasteiger partial charge in [0.05, 0.1) is 12.2 Å². The van der Waals surface area contributed by atoms with E-state index < -0.39 is 5.91 Å². The van der Waals surface area contributed by atoms with Gasteiger partial charge in [0.1, 0.15) is 5.69 Å². The van der Waals surface area contributed by atoms with Crippen LogP contribution in [0.5, 0.6) is 0 Å². The molecule has 0 saturated carbocycles. The maximum atomic E-state index is 11.6. The van der Waals surface area contributed by atoms with Crippen molar-refractivity contribution >= 4 is 23.3 Å². The molecule has 0 atom stereocenters. The van der Waals surface area contributed by atoms with Crippen molar-refractivity contribution in [1.29, 1.82) is 0 Å². The van der Waals surface area contributed by atoms with Crippen LogP contribution in [0, 0.1) is 0 Å². The Kier molecular flexibility index (Phi) is 5.11. The predicted molar refractivity (Wildman–Crippen MR) is 73.7 cm³/mol. The number of aromatic nitrogens is 1. The van der Waals surface area contributed by atoms with Gasteiger partial charge in [0, 0.05) is 13.1 Å². The van der Waals surface area contributed by atoms with Gasteiger partial charge >= 0.3 is 0 Å². The Labute approximate surface area is 112 Å². The van der Waals surface area contributed by atoms with Crippen LogP contribution >= 0.6 is 0 Å². The molecule has 1 aromatic heterocycles. The normalized spacial score (nSPS) is 10.0. The molecule has 0 unspecified atom stereocenters. The number of amides is 2. The molecule has 0 fully saturated rings. The fraction of sp³-hybridized carbons (Fsp3) is 0.417. The lowest BCUT2D eigenvalue weighted by Crippen LogP contribution is -2.38. The first-order valence-electron chi connectivity index (χ1n) is 6.07. The molecule has 1 rings (SSSR count). The molecular formula is C12H19N5O2. The van der Waals surface area contributed by atoms with Crippen LogP contribution in [0.1, 0.15) is 24.3 Å². The number of nitrogens with two attached hydrogens (primary N) is 2. The van der Waals surface area contributed by atoms with Gasteiger partial charge < -0.3 is 21.7 Å². The second kappa shape index (κ2) is 6.58. The lowest BCUT2D eigenvalue weighted by Gasteiger charge is -2.22. The number of hydrogen-bond acceptors (Lipinski definition) is 5. The molecule has 7 heteroatoms. The molecule has 104 valence electrons. The van der Waals surface area contributed by atoms with E-state index in [9.17, 15) is 9.59 Å². The molecule has 0 spiro atoms. The first-order valence-corrected chi connectivity index (χ1v) is 6.07. The maximum Gasteiger partial charge on any atom is 0.267 e. The number of nitrogens with zero attached hydrogens (tertiary/aromatic N) is 2. The lowest BCUT2D eigenvalue weighted by molar-refractivity contribution is -0.119. The van der Waals surface area contributed by atoms with E-state index in [0.29, 0.717) is 24.6 Å². The largest absolute Gasteiger partial charge is 0.396 e. The van der Waals surface area contributed by atoms with E-state index in [2.05, 4.69) is 10.3 Å². The van der Waals surface area contributed by atoms with Crippen molar-refractivity contribution in [3.8, 4) is 0 Å². The number of rotatable bonds is 6. The summed E-state index contributed by atoms with van der Waals surface area (Å²) < 4.78 is 0. The summed E-state index contributed by atoms with van der Waals surface area (Å²) in [5, 5.41) is 2.70. The first-order chi connectivity index (χ1) is 8.99. The topological polar surface area (TPSA) is 114 Å². The molecule has 19 heavy (non-hydrogen) atoms. The molecular weight excluding hydrogens is 246 g/mol. The fourth-order valence-electron chi connectivity index (χ4n) is 1.61. The highest BCUT2D eigenvalue weighted by atomic mass is 16.2. The van der Waals surface area contributed by atoms with Gasteiger partial charge in [0.2, 0.25) is 5.91 Å². The molecule has 0 aromatic carbocycles. The fourth-order valence-corrected chi connectivity index (χ4v) is 1.61. The van der Waals surface area contributed by atoms with Crippen molar-refractivity contribution in [3.05, 3.63) is 17.8 Å². The summed E-state index contributed by atoms with van der Waals surface area (Å²) in [5.74, 6) is -0.365. The van der Waals surface area contributed by atoms with Crippen LogP contribution in [0.25, 0.3) is 0 Å². The third kappa shape index (κ3) is 3.84. The third-order valence-electron chi connectivity index (χ3n) is 2.55. The summed E-state index contributed by atoms with van der Waals surface area (Å²) in [7, 11) is 0. The Bertz CT molecular complexity index is 475. The minimum absolute atomic E-state index is 0.124. The van der Waals surface area contributed by atoms with Gasteiger partial charge in [0.15, 0.2) is 5.82 Å². The number of primary amides is 1. The zero-order valence-electron chi connectivity index (χ0n) is 11.1. The minimum atomic E-state index is -0.629. The maximum absolute atomic E-state index is 11.6. The Morgan fingerprint density at radius 3 is 2.58 bits per heavy atom. The van der Waals surface area contributed by atoms with Gasteiger partial charge in [0.25, 0.3) is 5.91 Å². The molecule has 0 aliphatic carbocycles. The van der Waals surface area contributed by atoms with E-state index in [1.54, 1.807) is 11.0 Å². The third-order valence-corrected chi connectivity index (χ3v) is 2.55. The van der Waals surface area contributed by atoms with E-state index in [0.717, 1.165) is 0 Å². The highest BCUT2D eigenvalue weighted by Crippen LogP contribution is 2.20. The quantitative estimate of drug-likeness (QED) is 0.654. The summed E-state index contributed by atoms with van der Waals surface area (Å²) >= 11 is 0. The summed E-state index contributed by atoms with van der Waals surface area (Å²) in [6, 6.07) is 3.02. The Morgan fingerprint density at radius 1 is 1.37 bits per heavy atom. The van der Waals surface area contributed by atoms with Crippen LogP contribution in [0.2, 0.25) is 0 Å². The zero-order valence-corrected chi connectivity index (χ0v) is 11.1. The van der Waals surface area contributed by atoms with Gasteiger partial charge in [-0.2, -0.15) is 0 Å². The van der Waals surface area contributed by atoms with Crippen LogP contribution in [-0.4, -0.2) is 36.4 Å². The summed E-state index contributed by atoms with van der Waals surface area (Å²) in [5.41, 5.74) is 11.5. The van der Waals surface area contributed by atoms with Crippen LogP contribution in [-0.2, 0) is 4.79 Å². The lowest BCUT2D eigenvalue weighted by atomic mass is 10.3. The van der Waals surface area contributed by atoms with Crippen LogP contribution in [0.15, 0.2) is 12.1 Å². The molecule has 1 heterocycles. The highest BCUT2D eigenvalue weighted by molar-refractivity contribution is 5.92. The summed E-state index contributed by atoms with van der Waals surface area (Å²) in [6.45, 7) is 4.94. The van der Waals surface area contributed by atoms with Crippen LogP contribution in [0.4, 0.5) is 11.5 Å². The van der Waals surface area contributed by atoms with Crippen LogP contribution in [0.3, 0.4) is 0 Å². The van der Waals surface area contributed by atoms with Crippen molar-refractivity contribution in [3.63, 3.8) is 0 Å². The number of nitrogen functional groups attached to an aromatic ring is 1. The van der Waals surface area contributed by atoms with E-state index in [1.165, 1.54) is 6.07 Å². The Morgan fingerprint density at radius 2 is 2.05 bits per heavy atom. The van der Waals surface area contributed by atoms with Gasteiger partial charge in [-0.05, 0) is 26.0 Å². The molecule has 0 bridgehead atoms. The molecule has 0 aliphatic rings. The molecule has 7 nitrogen and oxygen atoms in total. The van der Waals surface area contributed by atoms with Crippen molar-refractivity contribution in [2.45, 2.75) is 13.8 Å². The average Bonchev–Trinajstić information content (AvgIpc) is 2.37. The monoisotopic (exact) mass is 265 g/mol. The van der Waals surface area contributed by atoms with E-state index in [1.807, 2.05) is 13.8 Å². The van der Waals surface area contributed by atoms with E-state index in [4.69, 9.17) is 11.5 Å². The van der Waals surface area contributed by atoms with Crippen LogP contribution < -0.4 is 21.7 Å². The zero-order chi connectivity index (χ0) is 14.4. The van der Waals surface area contributed by atoms with Gasteiger partial charge in [-0.3, -0.25) is 9.59 Å². The standard InChI is InChI=1S/C12H19N5O2/c1-3-15-10(18)7-17(4-2)12-8(13)5-6-9(16-12)11(14)19/h5-6H,3-4,7,13H2,1-2H3,(H2,14,19)(H,15,18). The predicted octanol–water partition coefficient (Wildman–Crippen LogP) is -0.275. The SMILES string of the molecule is CCNC(=O)CN(CC)c1nc(C(N)=O)ccc1N.